The van der Waals surface area contributed by atoms with Crippen LogP contribution in [-0.4, -0.2) is 44.2 Å². The number of terminal acetylenes is 1. The molecule has 0 spiro atoms. The second-order valence-corrected chi connectivity index (χ2v) is 7.68. The number of piperidine rings is 1. The average Bonchev–Trinajstić information content (AvgIpc) is 3.31. The molecule has 8 nitrogen and oxygen atoms in total. The van der Waals surface area contributed by atoms with Gasteiger partial charge in [0.25, 0.3) is 5.91 Å². The third-order valence-corrected chi connectivity index (χ3v) is 5.98. The number of nitrogens with one attached hydrogen (secondary N) is 2. The van der Waals surface area contributed by atoms with Gasteiger partial charge in [0.05, 0.1) is 5.69 Å². The van der Waals surface area contributed by atoms with Gasteiger partial charge in [-0.3, -0.25) is 4.79 Å². The smallest absolute Gasteiger partial charge is 0.271 e. The third-order valence-electron chi connectivity index (χ3n) is 5.98. The van der Waals surface area contributed by atoms with Gasteiger partial charge in [-0.2, -0.15) is 0 Å². The van der Waals surface area contributed by atoms with Crippen molar-refractivity contribution in [1.82, 2.24) is 20.2 Å². The normalized spacial score (nSPS) is 23.1. The van der Waals surface area contributed by atoms with E-state index in [0.717, 1.165) is 42.5 Å². The first-order chi connectivity index (χ1) is 14.1. The van der Waals surface area contributed by atoms with E-state index in [-0.39, 0.29) is 11.7 Å². The quantitative estimate of drug-likeness (QED) is 0.591. The van der Waals surface area contributed by atoms with E-state index in [1.165, 1.54) is 0 Å². The molecular formula is C21H21N7O. The second kappa shape index (κ2) is 6.78. The molecule has 5 rings (SSSR count). The summed E-state index contributed by atoms with van der Waals surface area (Å²) in [5.74, 6) is 3.01. The van der Waals surface area contributed by atoms with Crippen LogP contribution in [0.5, 0.6) is 0 Å². The fraction of sp³-hybridized carbons (Fsp3) is 0.333. The first-order valence-electron chi connectivity index (χ1n) is 9.75. The van der Waals surface area contributed by atoms with Crippen LogP contribution < -0.4 is 16.0 Å². The maximum Gasteiger partial charge on any atom is 0.271 e. The zero-order valence-electron chi connectivity index (χ0n) is 15.8. The van der Waals surface area contributed by atoms with Crippen molar-refractivity contribution in [2.75, 3.05) is 10.2 Å². The van der Waals surface area contributed by atoms with Gasteiger partial charge >= 0.3 is 0 Å². The summed E-state index contributed by atoms with van der Waals surface area (Å²) in [7, 11) is 0. The lowest BCUT2D eigenvalue weighted by atomic mass is 9.96. The molecule has 0 radical (unpaired) electrons. The number of carbonyl (C=O) groups excluding carboxylic acids is 1. The number of anilines is 2. The monoisotopic (exact) mass is 387 g/mol. The summed E-state index contributed by atoms with van der Waals surface area (Å²) in [6, 6.07) is 6.84. The molecule has 146 valence electrons. The highest BCUT2D eigenvalue weighted by molar-refractivity contribution is 6.04. The van der Waals surface area contributed by atoms with E-state index in [1.54, 1.807) is 12.4 Å². The number of amides is 1. The maximum atomic E-state index is 11.9. The fourth-order valence-electron chi connectivity index (χ4n) is 4.74. The van der Waals surface area contributed by atoms with E-state index >= 15 is 0 Å². The summed E-state index contributed by atoms with van der Waals surface area (Å²) in [5, 5.41) is 12.5. The number of nitrogens with zero attached hydrogens (tertiary/aromatic N) is 4. The molecule has 2 fully saturated rings. The van der Waals surface area contributed by atoms with Crippen molar-refractivity contribution in [3.8, 4) is 12.3 Å². The Bertz CT molecular complexity index is 1100. The number of aromatic nitrogens is 4. The van der Waals surface area contributed by atoms with Gasteiger partial charge in [0.2, 0.25) is 0 Å². The van der Waals surface area contributed by atoms with E-state index in [2.05, 4.69) is 36.3 Å². The van der Waals surface area contributed by atoms with Crippen LogP contribution in [0.4, 0.5) is 11.5 Å². The van der Waals surface area contributed by atoms with Crippen LogP contribution in [0.25, 0.3) is 11.0 Å². The van der Waals surface area contributed by atoms with E-state index in [1.807, 2.05) is 18.2 Å². The molecule has 2 bridgehead atoms. The lowest BCUT2D eigenvalue weighted by Gasteiger charge is -2.40. The van der Waals surface area contributed by atoms with Gasteiger partial charge in [-0.05, 0) is 43.9 Å². The van der Waals surface area contributed by atoms with Crippen molar-refractivity contribution in [1.29, 1.82) is 0 Å². The molecule has 0 saturated carbocycles. The number of pyridine rings is 1. The van der Waals surface area contributed by atoms with Crippen LogP contribution in [0, 0.1) is 12.3 Å². The van der Waals surface area contributed by atoms with Crippen molar-refractivity contribution in [2.45, 2.75) is 43.8 Å². The number of carbonyl (C=O) groups is 1. The number of nitrogens with two attached hydrogens (primary N) is 1. The van der Waals surface area contributed by atoms with Crippen molar-refractivity contribution >= 4 is 28.4 Å². The average molecular weight is 387 g/mol. The molecule has 0 aromatic carbocycles. The van der Waals surface area contributed by atoms with Crippen LogP contribution in [0.1, 0.15) is 41.7 Å². The molecule has 2 saturated heterocycles. The van der Waals surface area contributed by atoms with Crippen LogP contribution >= 0.6 is 0 Å². The lowest BCUT2D eigenvalue weighted by Crippen LogP contribution is -2.47. The van der Waals surface area contributed by atoms with Crippen LogP contribution in [0.15, 0.2) is 30.6 Å². The topological polar surface area (TPSA) is 113 Å². The van der Waals surface area contributed by atoms with Crippen LogP contribution in [0.2, 0.25) is 0 Å². The molecule has 4 N–H and O–H groups in total. The zero-order valence-corrected chi connectivity index (χ0v) is 15.8. The van der Waals surface area contributed by atoms with Crippen LogP contribution in [-0.2, 0) is 0 Å². The molecule has 0 aliphatic carbocycles. The standard InChI is InChI=1S/C21H21N7O/c1-2-12-3-6-17(24-11-12)28-14-4-5-15(28)10-13(9-14)25-18-16-7-8-23-21(16)27-26-19(18)20(22)29/h1,3,6-8,11,13-15H,4-5,9-10H2,(H2,22,29)(H2,23,25,27). The molecule has 29 heavy (non-hydrogen) atoms. The minimum atomic E-state index is -0.582. The first-order valence-corrected chi connectivity index (χ1v) is 9.75. The van der Waals surface area contributed by atoms with E-state index in [0.29, 0.717) is 23.4 Å². The van der Waals surface area contributed by atoms with Gasteiger partial charge in [-0.15, -0.1) is 16.6 Å². The van der Waals surface area contributed by atoms with Crippen molar-refractivity contribution in [2.24, 2.45) is 5.73 Å². The fourth-order valence-corrected chi connectivity index (χ4v) is 4.74. The summed E-state index contributed by atoms with van der Waals surface area (Å²) < 4.78 is 0. The van der Waals surface area contributed by atoms with E-state index in [9.17, 15) is 4.79 Å². The molecule has 2 aliphatic rings. The largest absolute Gasteiger partial charge is 0.380 e. The number of aromatic amines is 1. The molecule has 2 unspecified atom stereocenters. The third kappa shape index (κ3) is 2.95. The Kier molecular flexibility index (Phi) is 4.09. The van der Waals surface area contributed by atoms with Gasteiger partial charge in [0.15, 0.2) is 11.3 Å². The Balaban J connectivity index is 1.40. The molecular weight excluding hydrogens is 366 g/mol. The Morgan fingerprint density at radius 2 is 2.03 bits per heavy atom. The minimum Gasteiger partial charge on any atom is -0.380 e. The highest BCUT2D eigenvalue weighted by atomic mass is 16.1. The van der Waals surface area contributed by atoms with Crippen molar-refractivity contribution in [3.05, 3.63) is 41.9 Å². The summed E-state index contributed by atoms with van der Waals surface area (Å²) in [5.41, 5.74) is 7.81. The SMILES string of the molecule is C#Cc1ccc(N2C3CCC2CC(Nc2c(C(N)=O)nnc4[nH]ccc24)C3)nc1. The Labute approximate surface area is 167 Å². The Morgan fingerprint density at radius 1 is 1.24 bits per heavy atom. The van der Waals surface area contributed by atoms with Gasteiger partial charge < -0.3 is 20.9 Å². The first kappa shape index (κ1) is 17.5. The second-order valence-electron chi connectivity index (χ2n) is 7.68. The summed E-state index contributed by atoms with van der Waals surface area (Å²) >= 11 is 0. The number of hydrogen-bond acceptors (Lipinski definition) is 6. The maximum absolute atomic E-state index is 11.9. The highest BCUT2D eigenvalue weighted by Gasteiger charge is 2.41. The zero-order chi connectivity index (χ0) is 20.0. The minimum absolute atomic E-state index is 0.179. The molecule has 2 aliphatic heterocycles. The van der Waals surface area contributed by atoms with Crippen molar-refractivity contribution in [3.63, 3.8) is 0 Å². The molecule has 2 atom stereocenters. The van der Waals surface area contributed by atoms with E-state index in [4.69, 9.17) is 12.2 Å². The molecule has 3 aromatic rings. The number of primary amides is 1. The molecule has 1 amide bonds. The van der Waals surface area contributed by atoms with E-state index < -0.39 is 5.91 Å². The predicted molar refractivity (Wildman–Crippen MR) is 111 cm³/mol. The highest BCUT2D eigenvalue weighted by Crippen LogP contribution is 2.40. The Morgan fingerprint density at radius 3 is 2.69 bits per heavy atom. The molecule has 8 heteroatoms. The van der Waals surface area contributed by atoms with Gasteiger partial charge in [-0.1, -0.05) is 5.92 Å². The van der Waals surface area contributed by atoms with Gasteiger partial charge in [0.1, 0.15) is 5.82 Å². The van der Waals surface area contributed by atoms with Crippen LogP contribution in [0.3, 0.4) is 0 Å². The summed E-state index contributed by atoms with van der Waals surface area (Å²) in [6.45, 7) is 0. The van der Waals surface area contributed by atoms with Crippen molar-refractivity contribution < 1.29 is 4.79 Å². The predicted octanol–water partition coefficient (Wildman–Crippen LogP) is 2.04. The van der Waals surface area contributed by atoms with Gasteiger partial charge in [-0.25, -0.2) is 4.98 Å². The number of hydrogen-bond donors (Lipinski definition) is 3. The summed E-state index contributed by atoms with van der Waals surface area (Å²) in [4.78, 5) is 21.9. The number of rotatable bonds is 4. The lowest BCUT2D eigenvalue weighted by molar-refractivity contribution is 0.0995. The summed E-state index contributed by atoms with van der Waals surface area (Å²) in [6.07, 6.45) is 13.1. The molecule has 3 aromatic heterocycles. The Hall–Kier alpha value is -3.60. The molecule has 5 heterocycles. The van der Waals surface area contributed by atoms with Gasteiger partial charge in [0, 0.05) is 41.5 Å². The number of H-pyrrole nitrogens is 1. The number of fused-ring (bicyclic) bond motifs is 3.